The lowest BCUT2D eigenvalue weighted by molar-refractivity contribution is -0.0463. The topological polar surface area (TPSA) is 29.5 Å². The predicted molar refractivity (Wildman–Crippen MR) is 90.7 cm³/mol. The van der Waals surface area contributed by atoms with E-state index in [1.54, 1.807) is 11.1 Å². The third kappa shape index (κ3) is 1.97. The van der Waals surface area contributed by atoms with Crippen molar-refractivity contribution >= 4 is 0 Å². The summed E-state index contributed by atoms with van der Waals surface area (Å²) in [5.74, 6) is 4.57. The number of hydrogen-bond acceptors (Lipinski definition) is 2. The number of fused-ring (bicyclic) bond motifs is 6. The molecule has 0 unspecified atom stereocenters. The van der Waals surface area contributed by atoms with Crippen LogP contribution in [0.2, 0.25) is 0 Å². The van der Waals surface area contributed by atoms with Gasteiger partial charge in [0.05, 0.1) is 18.5 Å². The average molecular weight is 314 g/mol. The quantitative estimate of drug-likeness (QED) is 0.708. The van der Waals surface area contributed by atoms with Crippen molar-refractivity contribution in [2.75, 3.05) is 6.61 Å². The van der Waals surface area contributed by atoms with E-state index in [1.165, 1.54) is 57.1 Å². The second-order valence-corrected chi connectivity index (χ2v) is 8.97. The molecule has 0 aromatic carbocycles. The molecule has 1 heterocycles. The molecule has 0 aromatic rings. The SMILES string of the molecule is C[C@]12CC[C@H]3[C@@H](CC=C4C5=C(CC[C@@H]43)OCCC5)[C@@H]1CC[C@@H]2O. The Hall–Kier alpha value is -0.760. The van der Waals surface area contributed by atoms with Crippen LogP contribution in [0.4, 0.5) is 0 Å². The fourth-order valence-corrected chi connectivity index (χ4v) is 6.98. The van der Waals surface area contributed by atoms with Gasteiger partial charge in [0, 0.05) is 6.42 Å². The monoisotopic (exact) mass is 314 g/mol. The lowest BCUT2D eigenvalue weighted by Crippen LogP contribution is -2.47. The molecule has 6 atom stereocenters. The van der Waals surface area contributed by atoms with E-state index in [-0.39, 0.29) is 11.5 Å². The highest BCUT2D eigenvalue weighted by Gasteiger charge is 2.55. The molecule has 126 valence electrons. The Labute approximate surface area is 140 Å². The molecule has 0 spiro atoms. The normalized spacial score (nSPS) is 48.6. The van der Waals surface area contributed by atoms with Crippen LogP contribution in [0, 0.1) is 29.1 Å². The maximum absolute atomic E-state index is 10.5. The summed E-state index contributed by atoms with van der Waals surface area (Å²) < 4.78 is 5.97. The Kier molecular flexibility index (Phi) is 3.24. The van der Waals surface area contributed by atoms with Crippen molar-refractivity contribution in [2.24, 2.45) is 29.1 Å². The average Bonchev–Trinajstić information content (AvgIpc) is 2.89. The Balaban J connectivity index is 1.49. The number of aliphatic hydroxyl groups excluding tert-OH is 1. The minimum atomic E-state index is -0.0498. The van der Waals surface area contributed by atoms with Crippen molar-refractivity contribution < 1.29 is 9.84 Å². The number of allylic oxidation sites excluding steroid dienone is 4. The molecule has 2 heteroatoms. The van der Waals surface area contributed by atoms with Gasteiger partial charge in [-0.3, -0.25) is 0 Å². The molecule has 23 heavy (non-hydrogen) atoms. The summed E-state index contributed by atoms with van der Waals surface area (Å²) in [6, 6.07) is 0. The summed E-state index contributed by atoms with van der Waals surface area (Å²) in [6.45, 7) is 3.31. The van der Waals surface area contributed by atoms with Crippen LogP contribution in [0.5, 0.6) is 0 Å². The van der Waals surface area contributed by atoms with Crippen molar-refractivity contribution in [3.63, 3.8) is 0 Å². The molecule has 4 aliphatic carbocycles. The molecular weight excluding hydrogens is 284 g/mol. The Morgan fingerprint density at radius 2 is 2.04 bits per heavy atom. The number of aliphatic hydroxyl groups is 1. The lowest BCUT2D eigenvalue weighted by Gasteiger charge is -2.53. The van der Waals surface area contributed by atoms with E-state index in [0.717, 1.165) is 36.7 Å². The van der Waals surface area contributed by atoms with Crippen LogP contribution >= 0.6 is 0 Å². The first-order valence-corrected chi connectivity index (χ1v) is 9.92. The van der Waals surface area contributed by atoms with Crippen LogP contribution in [0.15, 0.2) is 23.0 Å². The van der Waals surface area contributed by atoms with E-state index >= 15 is 0 Å². The van der Waals surface area contributed by atoms with Gasteiger partial charge in [-0.25, -0.2) is 0 Å². The summed E-state index contributed by atoms with van der Waals surface area (Å²) in [7, 11) is 0. The molecule has 1 N–H and O–H groups in total. The van der Waals surface area contributed by atoms with Gasteiger partial charge < -0.3 is 9.84 Å². The zero-order valence-corrected chi connectivity index (χ0v) is 14.4. The van der Waals surface area contributed by atoms with Gasteiger partial charge in [0.25, 0.3) is 0 Å². The first-order valence-electron chi connectivity index (χ1n) is 9.92. The molecule has 5 aliphatic rings. The van der Waals surface area contributed by atoms with Crippen molar-refractivity contribution in [2.45, 2.75) is 70.8 Å². The van der Waals surface area contributed by atoms with E-state index in [2.05, 4.69) is 13.0 Å². The third-order valence-electron chi connectivity index (χ3n) is 8.18. The fourth-order valence-electron chi connectivity index (χ4n) is 6.98. The van der Waals surface area contributed by atoms with Gasteiger partial charge in [0.15, 0.2) is 0 Å². The van der Waals surface area contributed by atoms with E-state index in [4.69, 9.17) is 4.74 Å². The van der Waals surface area contributed by atoms with Gasteiger partial charge in [-0.1, -0.05) is 13.0 Å². The van der Waals surface area contributed by atoms with E-state index in [1.807, 2.05) is 0 Å². The van der Waals surface area contributed by atoms with Crippen molar-refractivity contribution in [1.29, 1.82) is 0 Å². The standard InChI is InChI=1S/C21H30O2/c1-21-11-10-15-13-6-8-19-17(3-2-12-23-19)14(13)4-5-16(15)18(21)7-9-20(21)22/h4,13,15-16,18,20,22H,2-3,5-12H2,1H3/t13-,15+,16+,18-,20-,21-/m0/s1. The summed E-state index contributed by atoms with van der Waals surface area (Å²) in [4.78, 5) is 0. The van der Waals surface area contributed by atoms with Gasteiger partial charge in [-0.05, 0) is 91.6 Å². The molecule has 2 fully saturated rings. The minimum absolute atomic E-state index is 0.0498. The summed E-state index contributed by atoms with van der Waals surface area (Å²) in [6.07, 6.45) is 13.6. The summed E-state index contributed by atoms with van der Waals surface area (Å²) in [5, 5.41) is 10.5. The van der Waals surface area contributed by atoms with E-state index in [0.29, 0.717) is 0 Å². The van der Waals surface area contributed by atoms with Crippen LogP contribution in [0.25, 0.3) is 0 Å². The van der Waals surface area contributed by atoms with Gasteiger partial charge in [0.2, 0.25) is 0 Å². The second kappa shape index (κ2) is 5.12. The highest BCUT2D eigenvalue weighted by Crippen LogP contribution is 2.62. The summed E-state index contributed by atoms with van der Waals surface area (Å²) >= 11 is 0. The molecule has 2 nitrogen and oxygen atoms in total. The smallest absolute Gasteiger partial charge is 0.0994 e. The Bertz CT molecular complexity index is 574. The van der Waals surface area contributed by atoms with Crippen LogP contribution in [0.1, 0.15) is 64.7 Å². The molecular formula is C21H30O2. The molecule has 0 amide bonds. The van der Waals surface area contributed by atoms with Crippen LogP contribution in [-0.2, 0) is 4.74 Å². The molecule has 0 bridgehead atoms. The molecule has 5 rings (SSSR count). The number of rotatable bonds is 0. The summed E-state index contributed by atoms with van der Waals surface area (Å²) in [5.41, 5.74) is 3.47. The minimum Gasteiger partial charge on any atom is -0.498 e. The Morgan fingerprint density at radius 3 is 2.96 bits per heavy atom. The zero-order chi connectivity index (χ0) is 15.6. The first-order chi connectivity index (χ1) is 11.2. The van der Waals surface area contributed by atoms with E-state index < -0.39 is 0 Å². The molecule has 0 radical (unpaired) electrons. The van der Waals surface area contributed by atoms with Crippen molar-refractivity contribution in [3.8, 4) is 0 Å². The van der Waals surface area contributed by atoms with Crippen LogP contribution in [0.3, 0.4) is 0 Å². The maximum Gasteiger partial charge on any atom is 0.0994 e. The highest BCUT2D eigenvalue weighted by molar-refractivity contribution is 5.41. The molecule has 0 saturated heterocycles. The largest absolute Gasteiger partial charge is 0.498 e. The molecule has 1 aliphatic heterocycles. The number of ether oxygens (including phenoxy) is 1. The maximum atomic E-state index is 10.5. The Morgan fingerprint density at radius 1 is 1.13 bits per heavy atom. The van der Waals surface area contributed by atoms with Crippen molar-refractivity contribution in [3.05, 3.63) is 23.0 Å². The molecule has 2 saturated carbocycles. The number of hydrogen-bond donors (Lipinski definition) is 1. The fraction of sp³-hybridized carbons (Fsp3) is 0.810. The lowest BCUT2D eigenvalue weighted by atomic mass is 9.52. The van der Waals surface area contributed by atoms with Gasteiger partial charge in [0.1, 0.15) is 0 Å². The second-order valence-electron chi connectivity index (χ2n) is 8.97. The van der Waals surface area contributed by atoms with Crippen molar-refractivity contribution in [1.82, 2.24) is 0 Å². The predicted octanol–water partition coefficient (Wildman–Crippen LogP) is 4.59. The third-order valence-corrected chi connectivity index (χ3v) is 8.18. The van der Waals surface area contributed by atoms with Crippen LogP contribution in [-0.4, -0.2) is 17.8 Å². The van der Waals surface area contributed by atoms with E-state index in [9.17, 15) is 5.11 Å². The van der Waals surface area contributed by atoms with Crippen LogP contribution < -0.4 is 0 Å². The molecule has 0 aromatic heterocycles. The van der Waals surface area contributed by atoms with Gasteiger partial charge in [-0.2, -0.15) is 0 Å². The highest BCUT2D eigenvalue weighted by atomic mass is 16.5. The first kappa shape index (κ1) is 14.6. The zero-order valence-electron chi connectivity index (χ0n) is 14.4. The van der Waals surface area contributed by atoms with Gasteiger partial charge >= 0.3 is 0 Å². The van der Waals surface area contributed by atoms with Gasteiger partial charge in [-0.15, -0.1) is 0 Å².